The van der Waals surface area contributed by atoms with Gasteiger partial charge in [0.15, 0.2) is 11.5 Å². The molecule has 0 aromatic heterocycles. The van der Waals surface area contributed by atoms with Crippen LogP contribution in [0, 0.1) is 0 Å². The fourth-order valence-corrected chi connectivity index (χ4v) is 1.97. The number of hydrogen-bond acceptors (Lipinski definition) is 3. The quantitative estimate of drug-likeness (QED) is 0.782. The maximum atomic E-state index is 5.61. The summed E-state index contributed by atoms with van der Waals surface area (Å²) < 4.78 is 11.1. The van der Waals surface area contributed by atoms with Gasteiger partial charge in [0, 0.05) is 18.2 Å². The predicted molar refractivity (Wildman–Crippen MR) is 85.6 cm³/mol. The summed E-state index contributed by atoms with van der Waals surface area (Å²) >= 11 is 0. The lowest BCUT2D eigenvalue weighted by molar-refractivity contribution is 0.310. The smallest absolute Gasteiger partial charge is 0.167 e. The fraction of sp³-hybridized carbons (Fsp3) is 0.529. The van der Waals surface area contributed by atoms with Gasteiger partial charge in [-0.15, -0.1) is 0 Å². The molecular weight excluding hydrogens is 250 g/mol. The second-order valence-electron chi connectivity index (χ2n) is 5.00. The molecule has 0 unspecified atom stereocenters. The van der Waals surface area contributed by atoms with Crippen molar-refractivity contribution in [2.75, 3.05) is 20.3 Å². The second-order valence-corrected chi connectivity index (χ2v) is 5.00. The molecule has 1 rings (SSSR count). The zero-order valence-corrected chi connectivity index (χ0v) is 13.3. The van der Waals surface area contributed by atoms with Crippen LogP contribution in [0.25, 0.3) is 6.08 Å². The third kappa shape index (κ3) is 4.89. The molecule has 0 spiro atoms. The average Bonchev–Trinajstić information content (AvgIpc) is 2.43. The molecule has 0 saturated heterocycles. The van der Waals surface area contributed by atoms with Gasteiger partial charge in [-0.05, 0) is 19.4 Å². The first kappa shape index (κ1) is 16.6. The van der Waals surface area contributed by atoms with E-state index < -0.39 is 0 Å². The SMILES string of the molecule is CCOc1cccc(C=C(CC)CNC(C)C)c1OC. The average molecular weight is 277 g/mol. The minimum absolute atomic E-state index is 0.488. The van der Waals surface area contributed by atoms with E-state index in [1.807, 2.05) is 19.1 Å². The first-order chi connectivity index (χ1) is 9.62. The minimum atomic E-state index is 0.488. The molecule has 0 atom stereocenters. The van der Waals surface area contributed by atoms with Crippen molar-refractivity contribution in [1.82, 2.24) is 5.32 Å². The van der Waals surface area contributed by atoms with Gasteiger partial charge in [0.25, 0.3) is 0 Å². The van der Waals surface area contributed by atoms with Gasteiger partial charge in [-0.1, -0.05) is 44.6 Å². The molecule has 0 heterocycles. The van der Waals surface area contributed by atoms with Crippen LogP contribution >= 0.6 is 0 Å². The second kappa shape index (κ2) is 8.64. The number of para-hydroxylation sites is 1. The monoisotopic (exact) mass is 277 g/mol. The van der Waals surface area contributed by atoms with Gasteiger partial charge in [-0.3, -0.25) is 0 Å². The Balaban J connectivity index is 3.01. The lowest BCUT2D eigenvalue weighted by Gasteiger charge is -2.14. The molecule has 0 fully saturated rings. The van der Waals surface area contributed by atoms with Gasteiger partial charge in [0.05, 0.1) is 13.7 Å². The van der Waals surface area contributed by atoms with E-state index in [4.69, 9.17) is 9.47 Å². The number of ether oxygens (including phenoxy) is 2. The standard InChI is InChI=1S/C17H27NO2/c1-6-14(12-18-13(3)4)11-15-9-8-10-16(20-7-2)17(15)19-5/h8-11,13,18H,6-7,12H2,1-5H3. The summed E-state index contributed by atoms with van der Waals surface area (Å²) in [4.78, 5) is 0. The number of benzene rings is 1. The molecule has 1 aromatic rings. The van der Waals surface area contributed by atoms with Crippen LogP contribution < -0.4 is 14.8 Å². The molecule has 3 heteroatoms. The molecule has 0 aliphatic carbocycles. The van der Waals surface area contributed by atoms with Gasteiger partial charge in [0.1, 0.15) is 0 Å². The van der Waals surface area contributed by atoms with E-state index in [1.54, 1.807) is 7.11 Å². The molecule has 0 aliphatic rings. The zero-order chi connectivity index (χ0) is 15.0. The van der Waals surface area contributed by atoms with Gasteiger partial charge in [0.2, 0.25) is 0 Å². The maximum Gasteiger partial charge on any atom is 0.167 e. The first-order valence-electron chi connectivity index (χ1n) is 7.34. The molecule has 1 aromatic carbocycles. The summed E-state index contributed by atoms with van der Waals surface area (Å²) in [5, 5.41) is 3.45. The van der Waals surface area contributed by atoms with E-state index in [2.05, 4.69) is 38.2 Å². The van der Waals surface area contributed by atoms with Crippen molar-refractivity contribution in [3.8, 4) is 11.5 Å². The van der Waals surface area contributed by atoms with Gasteiger partial charge in [-0.25, -0.2) is 0 Å². The molecule has 0 aliphatic heterocycles. The summed E-state index contributed by atoms with van der Waals surface area (Å²) in [7, 11) is 1.69. The Bertz CT molecular complexity index is 439. The summed E-state index contributed by atoms with van der Waals surface area (Å²) in [5.41, 5.74) is 2.42. The highest BCUT2D eigenvalue weighted by Gasteiger charge is 2.09. The van der Waals surface area contributed by atoms with E-state index in [0.29, 0.717) is 12.6 Å². The third-order valence-corrected chi connectivity index (χ3v) is 3.06. The molecule has 0 amide bonds. The van der Waals surface area contributed by atoms with E-state index in [9.17, 15) is 0 Å². The third-order valence-electron chi connectivity index (χ3n) is 3.06. The molecule has 0 saturated carbocycles. The summed E-state index contributed by atoms with van der Waals surface area (Å²) in [6, 6.07) is 6.49. The van der Waals surface area contributed by atoms with Gasteiger partial charge in [-0.2, -0.15) is 0 Å². The van der Waals surface area contributed by atoms with E-state index >= 15 is 0 Å². The van der Waals surface area contributed by atoms with Crippen LogP contribution in [-0.2, 0) is 0 Å². The van der Waals surface area contributed by atoms with Crippen LogP contribution in [0.3, 0.4) is 0 Å². The molecule has 0 bridgehead atoms. The number of hydrogen-bond donors (Lipinski definition) is 1. The van der Waals surface area contributed by atoms with Crippen molar-refractivity contribution in [2.45, 2.75) is 40.2 Å². The Morgan fingerprint density at radius 1 is 1.30 bits per heavy atom. The van der Waals surface area contributed by atoms with Crippen LogP contribution in [0.4, 0.5) is 0 Å². The Labute approximate surface area is 123 Å². The van der Waals surface area contributed by atoms with E-state index in [-0.39, 0.29) is 0 Å². The Morgan fingerprint density at radius 2 is 2.05 bits per heavy atom. The summed E-state index contributed by atoms with van der Waals surface area (Å²) in [6.45, 7) is 10.0. The number of nitrogens with one attached hydrogen (secondary N) is 1. The topological polar surface area (TPSA) is 30.5 Å². The van der Waals surface area contributed by atoms with Crippen molar-refractivity contribution in [1.29, 1.82) is 0 Å². The van der Waals surface area contributed by atoms with Crippen LogP contribution in [0.1, 0.15) is 39.7 Å². The van der Waals surface area contributed by atoms with E-state index in [1.165, 1.54) is 5.57 Å². The Hall–Kier alpha value is -1.48. The maximum absolute atomic E-state index is 5.61. The molecule has 112 valence electrons. The van der Waals surface area contributed by atoms with Crippen LogP contribution in [0.15, 0.2) is 23.8 Å². The lowest BCUT2D eigenvalue weighted by Crippen LogP contribution is -2.24. The zero-order valence-electron chi connectivity index (χ0n) is 13.3. The highest BCUT2D eigenvalue weighted by atomic mass is 16.5. The molecule has 0 radical (unpaired) electrons. The van der Waals surface area contributed by atoms with E-state index in [0.717, 1.165) is 30.0 Å². The lowest BCUT2D eigenvalue weighted by atomic mass is 10.1. The molecule has 3 nitrogen and oxygen atoms in total. The highest BCUT2D eigenvalue weighted by Crippen LogP contribution is 2.32. The van der Waals surface area contributed by atoms with Crippen molar-refractivity contribution in [3.63, 3.8) is 0 Å². The largest absolute Gasteiger partial charge is 0.492 e. The van der Waals surface area contributed by atoms with Crippen LogP contribution in [-0.4, -0.2) is 26.3 Å². The van der Waals surface area contributed by atoms with Crippen LogP contribution in [0.5, 0.6) is 11.5 Å². The van der Waals surface area contributed by atoms with Crippen molar-refractivity contribution < 1.29 is 9.47 Å². The fourth-order valence-electron chi connectivity index (χ4n) is 1.97. The first-order valence-corrected chi connectivity index (χ1v) is 7.34. The highest BCUT2D eigenvalue weighted by molar-refractivity contribution is 5.64. The minimum Gasteiger partial charge on any atom is -0.492 e. The van der Waals surface area contributed by atoms with Crippen molar-refractivity contribution in [3.05, 3.63) is 29.3 Å². The predicted octanol–water partition coefficient (Wildman–Crippen LogP) is 3.89. The molecule has 20 heavy (non-hydrogen) atoms. The summed E-state index contributed by atoms with van der Waals surface area (Å²) in [6.07, 6.45) is 3.21. The summed E-state index contributed by atoms with van der Waals surface area (Å²) in [5.74, 6) is 1.61. The Morgan fingerprint density at radius 3 is 2.60 bits per heavy atom. The van der Waals surface area contributed by atoms with Crippen LogP contribution in [0.2, 0.25) is 0 Å². The number of methoxy groups -OCH3 is 1. The molecular formula is C17H27NO2. The molecule has 1 N–H and O–H groups in total. The number of rotatable bonds is 8. The van der Waals surface area contributed by atoms with Crippen molar-refractivity contribution >= 4 is 6.08 Å². The van der Waals surface area contributed by atoms with Gasteiger partial charge >= 0.3 is 0 Å². The Kier molecular flexibility index (Phi) is 7.16. The normalized spacial score (nSPS) is 11.8. The van der Waals surface area contributed by atoms with Crippen molar-refractivity contribution in [2.24, 2.45) is 0 Å². The van der Waals surface area contributed by atoms with Gasteiger partial charge < -0.3 is 14.8 Å².